The highest BCUT2D eigenvalue weighted by atomic mass is 16.5. The second-order valence-corrected chi connectivity index (χ2v) is 5.26. The smallest absolute Gasteiger partial charge is 0.262 e. The highest BCUT2D eigenvalue weighted by Gasteiger charge is 2.19. The van der Waals surface area contributed by atoms with Crippen LogP contribution in [0.3, 0.4) is 0 Å². The van der Waals surface area contributed by atoms with E-state index >= 15 is 0 Å². The molecule has 114 valence electrons. The fourth-order valence-corrected chi connectivity index (χ4v) is 2.52. The molecule has 1 aromatic rings. The SMILES string of the molecule is C=CCOc1ccccc1/C=C(\C#N)C(=O)NC1CCCC1. The summed E-state index contributed by atoms with van der Waals surface area (Å²) in [5.41, 5.74) is 0.809. The molecule has 0 radical (unpaired) electrons. The summed E-state index contributed by atoms with van der Waals surface area (Å²) in [5, 5.41) is 12.2. The average molecular weight is 296 g/mol. The summed E-state index contributed by atoms with van der Waals surface area (Å²) in [6.07, 6.45) is 7.47. The molecule has 1 amide bonds. The van der Waals surface area contributed by atoms with E-state index < -0.39 is 0 Å². The van der Waals surface area contributed by atoms with Gasteiger partial charge in [0.2, 0.25) is 0 Å². The molecule has 4 nitrogen and oxygen atoms in total. The molecule has 2 rings (SSSR count). The zero-order valence-electron chi connectivity index (χ0n) is 12.5. The van der Waals surface area contributed by atoms with E-state index in [1.54, 1.807) is 18.2 Å². The van der Waals surface area contributed by atoms with Crippen LogP contribution in [-0.2, 0) is 4.79 Å². The van der Waals surface area contributed by atoms with E-state index in [1.807, 2.05) is 24.3 Å². The zero-order valence-corrected chi connectivity index (χ0v) is 12.5. The minimum absolute atomic E-state index is 0.0987. The van der Waals surface area contributed by atoms with Crippen molar-refractivity contribution in [1.82, 2.24) is 5.32 Å². The van der Waals surface area contributed by atoms with Crippen molar-refractivity contribution in [3.8, 4) is 11.8 Å². The number of hydrogen-bond acceptors (Lipinski definition) is 3. The van der Waals surface area contributed by atoms with E-state index in [2.05, 4.69) is 11.9 Å². The predicted molar refractivity (Wildman–Crippen MR) is 86.1 cm³/mol. The third-order valence-corrected chi connectivity index (χ3v) is 3.63. The maximum absolute atomic E-state index is 12.2. The van der Waals surface area contributed by atoms with Crippen LogP contribution in [0.4, 0.5) is 0 Å². The lowest BCUT2D eigenvalue weighted by Gasteiger charge is -2.11. The molecule has 0 heterocycles. The van der Waals surface area contributed by atoms with Crippen molar-refractivity contribution in [2.45, 2.75) is 31.7 Å². The van der Waals surface area contributed by atoms with Crippen molar-refractivity contribution < 1.29 is 9.53 Å². The summed E-state index contributed by atoms with van der Waals surface area (Å²) in [6, 6.07) is 9.49. The van der Waals surface area contributed by atoms with Crippen LogP contribution in [0.25, 0.3) is 6.08 Å². The van der Waals surface area contributed by atoms with E-state index in [9.17, 15) is 10.1 Å². The van der Waals surface area contributed by atoms with Gasteiger partial charge in [0.15, 0.2) is 0 Å². The summed E-state index contributed by atoms with van der Waals surface area (Å²) < 4.78 is 5.54. The molecule has 0 unspecified atom stereocenters. The highest BCUT2D eigenvalue weighted by molar-refractivity contribution is 6.02. The summed E-state index contributed by atoms with van der Waals surface area (Å²) in [7, 11) is 0. The van der Waals surface area contributed by atoms with E-state index in [1.165, 1.54) is 0 Å². The van der Waals surface area contributed by atoms with Gasteiger partial charge in [0, 0.05) is 11.6 Å². The van der Waals surface area contributed by atoms with Crippen molar-refractivity contribution in [1.29, 1.82) is 5.26 Å². The monoisotopic (exact) mass is 296 g/mol. The number of para-hydroxylation sites is 1. The Balaban J connectivity index is 2.15. The van der Waals surface area contributed by atoms with Crippen LogP contribution in [0.1, 0.15) is 31.2 Å². The van der Waals surface area contributed by atoms with Gasteiger partial charge in [-0.2, -0.15) is 5.26 Å². The minimum atomic E-state index is -0.312. The summed E-state index contributed by atoms with van der Waals surface area (Å²) in [6.45, 7) is 3.99. The molecule has 1 aliphatic carbocycles. The van der Waals surface area contributed by atoms with Crippen molar-refractivity contribution in [2.24, 2.45) is 0 Å². The molecule has 0 spiro atoms. The topological polar surface area (TPSA) is 62.1 Å². The molecule has 1 aliphatic rings. The van der Waals surface area contributed by atoms with Crippen molar-refractivity contribution in [3.05, 3.63) is 48.1 Å². The number of nitrogens with zero attached hydrogens (tertiary/aromatic N) is 1. The normalized spacial score (nSPS) is 15.1. The summed E-state index contributed by atoms with van der Waals surface area (Å²) in [5.74, 6) is 0.316. The second kappa shape index (κ2) is 8.04. The first-order valence-electron chi connectivity index (χ1n) is 7.50. The average Bonchev–Trinajstić information content (AvgIpc) is 3.04. The molecule has 1 saturated carbocycles. The van der Waals surface area contributed by atoms with Gasteiger partial charge in [-0.05, 0) is 25.0 Å². The first-order valence-corrected chi connectivity index (χ1v) is 7.50. The molecule has 1 aromatic carbocycles. The quantitative estimate of drug-likeness (QED) is 0.498. The first-order chi connectivity index (χ1) is 10.7. The van der Waals surface area contributed by atoms with Gasteiger partial charge in [0.05, 0.1) is 0 Å². The van der Waals surface area contributed by atoms with Crippen LogP contribution >= 0.6 is 0 Å². The molecule has 0 bridgehead atoms. The second-order valence-electron chi connectivity index (χ2n) is 5.26. The lowest BCUT2D eigenvalue weighted by Crippen LogP contribution is -2.33. The van der Waals surface area contributed by atoms with E-state index in [4.69, 9.17) is 4.74 Å². The Morgan fingerprint density at radius 2 is 2.14 bits per heavy atom. The Morgan fingerprint density at radius 3 is 2.82 bits per heavy atom. The number of benzene rings is 1. The predicted octanol–water partition coefficient (Wildman–Crippen LogP) is 3.22. The lowest BCUT2D eigenvalue weighted by molar-refractivity contribution is -0.117. The Labute approximate surface area is 131 Å². The maximum atomic E-state index is 12.2. The molecular formula is C18H20N2O2. The van der Waals surface area contributed by atoms with E-state index in [0.717, 1.165) is 25.7 Å². The molecule has 22 heavy (non-hydrogen) atoms. The molecule has 1 N–H and O–H groups in total. The Hall–Kier alpha value is -2.54. The Kier molecular flexibility index (Phi) is 5.79. The van der Waals surface area contributed by atoms with Crippen LogP contribution in [0.2, 0.25) is 0 Å². The molecule has 0 saturated heterocycles. The Morgan fingerprint density at radius 1 is 1.41 bits per heavy atom. The third kappa shape index (κ3) is 4.23. The molecule has 0 atom stereocenters. The van der Waals surface area contributed by atoms with Crippen LogP contribution in [0.5, 0.6) is 5.75 Å². The maximum Gasteiger partial charge on any atom is 0.262 e. The first kappa shape index (κ1) is 15.8. The van der Waals surface area contributed by atoms with Crippen LogP contribution in [0, 0.1) is 11.3 Å². The fourth-order valence-electron chi connectivity index (χ4n) is 2.52. The number of carbonyl (C=O) groups excluding carboxylic acids is 1. The van der Waals surface area contributed by atoms with Gasteiger partial charge < -0.3 is 10.1 Å². The standard InChI is InChI=1S/C18H20N2O2/c1-2-11-22-17-10-6-3-7-14(17)12-15(13-19)18(21)20-16-8-4-5-9-16/h2-3,6-7,10,12,16H,1,4-5,8-9,11H2,(H,20,21)/b15-12+. The highest BCUT2D eigenvalue weighted by Crippen LogP contribution is 2.22. The van der Waals surface area contributed by atoms with Gasteiger partial charge in [-0.15, -0.1) is 0 Å². The van der Waals surface area contributed by atoms with Crippen LogP contribution in [-0.4, -0.2) is 18.6 Å². The van der Waals surface area contributed by atoms with Crippen LogP contribution in [0.15, 0.2) is 42.5 Å². The fraction of sp³-hybridized carbons (Fsp3) is 0.333. The van der Waals surface area contributed by atoms with Crippen LogP contribution < -0.4 is 10.1 Å². The number of nitrogens with one attached hydrogen (secondary N) is 1. The van der Waals surface area contributed by atoms with E-state index in [-0.39, 0.29) is 17.5 Å². The Bertz CT molecular complexity index is 608. The number of hydrogen-bond donors (Lipinski definition) is 1. The van der Waals surface area contributed by atoms with Crippen molar-refractivity contribution in [2.75, 3.05) is 6.61 Å². The van der Waals surface area contributed by atoms with Gasteiger partial charge >= 0.3 is 0 Å². The summed E-state index contributed by atoms with van der Waals surface area (Å²) >= 11 is 0. The van der Waals surface area contributed by atoms with Gasteiger partial charge in [-0.3, -0.25) is 4.79 Å². The number of rotatable bonds is 6. The van der Waals surface area contributed by atoms with Gasteiger partial charge in [-0.1, -0.05) is 43.7 Å². The number of amides is 1. The van der Waals surface area contributed by atoms with Crippen molar-refractivity contribution >= 4 is 12.0 Å². The van der Waals surface area contributed by atoms with Gasteiger partial charge in [-0.25, -0.2) is 0 Å². The third-order valence-electron chi connectivity index (χ3n) is 3.63. The molecule has 0 aromatic heterocycles. The molecule has 4 heteroatoms. The number of ether oxygens (including phenoxy) is 1. The number of nitriles is 1. The largest absolute Gasteiger partial charge is 0.489 e. The van der Waals surface area contributed by atoms with Crippen molar-refractivity contribution in [3.63, 3.8) is 0 Å². The van der Waals surface area contributed by atoms with Gasteiger partial charge in [0.1, 0.15) is 24.0 Å². The number of carbonyl (C=O) groups is 1. The minimum Gasteiger partial charge on any atom is -0.489 e. The van der Waals surface area contributed by atoms with E-state index in [0.29, 0.717) is 17.9 Å². The zero-order chi connectivity index (χ0) is 15.8. The summed E-state index contributed by atoms with van der Waals surface area (Å²) in [4.78, 5) is 12.2. The lowest BCUT2D eigenvalue weighted by atomic mass is 10.1. The van der Waals surface area contributed by atoms with Gasteiger partial charge in [0.25, 0.3) is 5.91 Å². The molecule has 1 fully saturated rings. The molecular weight excluding hydrogens is 276 g/mol. The molecule has 0 aliphatic heterocycles.